The van der Waals surface area contributed by atoms with E-state index in [1.165, 1.54) is 5.56 Å². The number of nitrogens with zero attached hydrogens (tertiary/aromatic N) is 3. The Morgan fingerprint density at radius 1 is 1.28 bits per heavy atom. The van der Waals surface area contributed by atoms with Crippen LogP contribution in [0.3, 0.4) is 0 Å². The number of ether oxygens (including phenoxy) is 1. The average Bonchev–Trinajstić information content (AvgIpc) is 2.84. The fourth-order valence-electron chi connectivity index (χ4n) is 3.15. The smallest absolute Gasteiger partial charge is 0.156 e. The van der Waals surface area contributed by atoms with Gasteiger partial charge in [0.25, 0.3) is 0 Å². The topological polar surface area (TPSA) is 87.8 Å². The Morgan fingerprint density at radius 3 is 2.88 bits per heavy atom. The third-order valence-electron chi connectivity index (χ3n) is 4.32. The van der Waals surface area contributed by atoms with E-state index < -0.39 is 0 Å². The number of fused-ring (bicyclic) bond motifs is 1. The Labute approximate surface area is 149 Å². The minimum absolute atomic E-state index is 0.234. The fraction of sp³-hybridized carbons (Fsp3) is 0.611. The summed E-state index contributed by atoms with van der Waals surface area (Å²) in [5.41, 5.74) is 4.52. The minimum Gasteiger partial charge on any atom is -0.374 e. The second-order valence-electron chi connectivity index (χ2n) is 6.59. The molecule has 1 aliphatic rings. The largest absolute Gasteiger partial charge is 0.374 e. The lowest BCUT2D eigenvalue weighted by molar-refractivity contribution is 0.128. The van der Waals surface area contributed by atoms with E-state index in [4.69, 9.17) is 14.7 Å². The number of rotatable bonds is 7. The molecule has 25 heavy (non-hydrogen) atoms. The van der Waals surface area contributed by atoms with Crippen LogP contribution in [0.1, 0.15) is 42.3 Å². The van der Waals surface area contributed by atoms with Gasteiger partial charge in [0.2, 0.25) is 0 Å². The van der Waals surface area contributed by atoms with Crippen LogP contribution in [0.25, 0.3) is 0 Å². The van der Waals surface area contributed by atoms with E-state index in [2.05, 4.69) is 33.8 Å². The molecule has 0 saturated heterocycles. The molecule has 0 aromatic carbocycles. The molecule has 0 fully saturated rings. The molecule has 0 radical (unpaired) electrons. The maximum Gasteiger partial charge on any atom is 0.156 e. The molecule has 0 amide bonds. The normalized spacial score (nSPS) is 15.5. The van der Waals surface area contributed by atoms with Crippen LogP contribution in [0.2, 0.25) is 0 Å². The van der Waals surface area contributed by atoms with Crippen LogP contribution in [0.5, 0.6) is 0 Å². The number of anilines is 1. The van der Waals surface area contributed by atoms with Gasteiger partial charge in [-0.1, -0.05) is 0 Å². The predicted octanol–water partition coefficient (Wildman–Crippen LogP) is 1.78. The van der Waals surface area contributed by atoms with Crippen molar-refractivity contribution in [2.75, 3.05) is 25.0 Å². The molecule has 3 heterocycles. The van der Waals surface area contributed by atoms with Crippen LogP contribution in [0.15, 0.2) is 6.07 Å². The lowest BCUT2D eigenvalue weighted by atomic mass is 10.1. The standard InChI is InChI=1S/C18H28N6O/c1-4-25-11-17-21-16-6-8-19-7-5-15(16)18(22-17)20-12(2)9-14-10-13(3)23-24-14/h10,12,19H,4-9,11H2,1-3H3,(H,23,24)(H,20,21,22)/t12-/m1/s1. The van der Waals surface area contributed by atoms with Gasteiger partial charge in [-0.3, -0.25) is 5.10 Å². The van der Waals surface area contributed by atoms with Gasteiger partial charge in [0.15, 0.2) is 5.82 Å². The van der Waals surface area contributed by atoms with Gasteiger partial charge in [-0.25, -0.2) is 9.97 Å². The number of H-pyrrole nitrogens is 1. The number of hydrogen-bond donors (Lipinski definition) is 3. The van der Waals surface area contributed by atoms with Crippen molar-refractivity contribution >= 4 is 5.82 Å². The molecule has 0 bridgehead atoms. The molecule has 0 spiro atoms. The van der Waals surface area contributed by atoms with Crippen molar-refractivity contribution < 1.29 is 4.74 Å². The van der Waals surface area contributed by atoms with E-state index in [1.54, 1.807) is 0 Å². The van der Waals surface area contributed by atoms with Crippen molar-refractivity contribution in [1.82, 2.24) is 25.5 Å². The zero-order chi connectivity index (χ0) is 17.6. The lowest BCUT2D eigenvalue weighted by Gasteiger charge is -2.18. The van der Waals surface area contributed by atoms with Crippen molar-refractivity contribution in [3.8, 4) is 0 Å². The molecular formula is C18H28N6O. The quantitative estimate of drug-likeness (QED) is 0.710. The van der Waals surface area contributed by atoms with Gasteiger partial charge in [-0.15, -0.1) is 0 Å². The molecule has 3 rings (SSSR count). The van der Waals surface area contributed by atoms with Crippen LogP contribution in [0.4, 0.5) is 5.82 Å². The highest BCUT2D eigenvalue weighted by Crippen LogP contribution is 2.21. The highest BCUT2D eigenvalue weighted by molar-refractivity contribution is 5.48. The van der Waals surface area contributed by atoms with Crippen LogP contribution < -0.4 is 10.6 Å². The van der Waals surface area contributed by atoms with Gasteiger partial charge in [0.05, 0.1) is 11.4 Å². The van der Waals surface area contributed by atoms with Crippen LogP contribution in [-0.4, -0.2) is 45.9 Å². The summed E-state index contributed by atoms with van der Waals surface area (Å²) in [7, 11) is 0. The Kier molecular flexibility index (Phi) is 5.99. The molecule has 0 unspecified atom stereocenters. The number of aryl methyl sites for hydroxylation is 1. The molecule has 7 heteroatoms. The lowest BCUT2D eigenvalue weighted by Crippen LogP contribution is -2.22. The Morgan fingerprint density at radius 2 is 2.12 bits per heavy atom. The summed E-state index contributed by atoms with van der Waals surface area (Å²) in [6, 6.07) is 2.32. The summed E-state index contributed by atoms with van der Waals surface area (Å²) < 4.78 is 5.52. The molecule has 2 aromatic heterocycles. The van der Waals surface area contributed by atoms with E-state index in [-0.39, 0.29) is 6.04 Å². The summed E-state index contributed by atoms with van der Waals surface area (Å²) in [4.78, 5) is 9.48. The van der Waals surface area contributed by atoms with E-state index in [1.807, 2.05) is 13.8 Å². The highest BCUT2D eigenvalue weighted by atomic mass is 16.5. The Hall–Kier alpha value is -1.99. The van der Waals surface area contributed by atoms with Crippen molar-refractivity contribution in [1.29, 1.82) is 0 Å². The fourth-order valence-corrected chi connectivity index (χ4v) is 3.15. The first-order chi connectivity index (χ1) is 12.2. The molecular weight excluding hydrogens is 316 g/mol. The maximum atomic E-state index is 5.52. The zero-order valence-corrected chi connectivity index (χ0v) is 15.4. The van der Waals surface area contributed by atoms with Gasteiger partial charge in [-0.05, 0) is 39.8 Å². The third-order valence-corrected chi connectivity index (χ3v) is 4.32. The molecule has 7 nitrogen and oxygen atoms in total. The second kappa shape index (κ2) is 8.40. The number of hydrogen-bond acceptors (Lipinski definition) is 6. The first-order valence-corrected chi connectivity index (χ1v) is 9.10. The van der Waals surface area contributed by atoms with Crippen molar-refractivity contribution in [3.05, 3.63) is 34.5 Å². The SMILES string of the molecule is CCOCc1nc2c(c(N[C@H](C)Cc3cc(C)[nH]n3)n1)CCNCC2. The average molecular weight is 344 g/mol. The number of nitrogens with one attached hydrogen (secondary N) is 3. The van der Waals surface area contributed by atoms with E-state index >= 15 is 0 Å². The van der Waals surface area contributed by atoms with Gasteiger partial charge < -0.3 is 15.4 Å². The zero-order valence-electron chi connectivity index (χ0n) is 15.4. The molecule has 1 aliphatic heterocycles. The first-order valence-electron chi connectivity index (χ1n) is 9.10. The molecule has 3 N–H and O–H groups in total. The van der Waals surface area contributed by atoms with Crippen LogP contribution in [-0.2, 0) is 30.6 Å². The predicted molar refractivity (Wildman–Crippen MR) is 97.8 cm³/mol. The summed E-state index contributed by atoms with van der Waals surface area (Å²) in [6.07, 6.45) is 2.72. The van der Waals surface area contributed by atoms with Gasteiger partial charge in [-0.2, -0.15) is 5.10 Å². The second-order valence-corrected chi connectivity index (χ2v) is 6.59. The highest BCUT2D eigenvalue weighted by Gasteiger charge is 2.18. The van der Waals surface area contributed by atoms with Crippen LogP contribution >= 0.6 is 0 Å². The maximum absolute atomic E-state index is 5.52. The van der Waals surface area contributed by atoms with Crippen molar-refractivity contribution in [2.24, 2.45) is 0 Å². The molecule has 1 atom stereocenters. The summed E-state index contributed by atoms with van der Waals surface area (Å²) in [5.74, 6) is 1.70. The van der Waals surface area contributed by atoms with Crippen LogP contribution in [0, 0.1) is 6.92 Å². The number of aromatic nitrogens is 4. The summed E-state index contributed by atoms with van der Waals surface area (Å²) in [6.45, 7) is 9.21. The Balaban J connectivity index is 1.79. The Bertz CT molecular complexity index is 699. The monoisotopic (exact) mass is 344 g/mol. The summed E-state index contributed by atoms with van der Waals surface area (Å²) >= 11 is 0. The van der Waals surface area contributed by atoms with Gasteiger partial charge in [0.1, 0.15) is 12.4 Å². The minimum atomic E-state index is 0.234. The molecule has 0 saturated carbocycles. The van der Waals surface area contributed by atoms with Crippen molar-refractivity contribution in [2.45, 2.75) is 52.7 Å². The van der Waals surface area contributed by atoms with E-state index in [0.29, 0.717) is 13.2 Å². The van der Waals surface area contributed by atoms with Gasteiger partial charge in [0, 0.05) is 43.3 Å². The van der Waals surface area contributed by atoms with E-state index in [9.17, 15) is 0 Å². The van der Waals surface area contributed by atoms with Crippen molar-refractivity contribution in [3.63, 3.8) is 0 Å². The summed E-state index contributed by atoms with van der Waals surface area (Å²) in [5, 5.41) is 14.4. The molecule has 0 aliphatic carbocycles. The first kappa shape index (κ1) is 17.8. The third kappa shape index (κ3) is 4.76. The molecule has 136 valence electrons. The molecule has 2 aromatic rings. The van der Waals surface area contributed by atoms with Gasteiger partial charge >= 0.3 is 0 Å². The van der Waals surface area contributed by atoms with E-state index in [0.717, 1.165) is 61.1 Å². The number of aromatic amines is 1.